The quantitative estimate of drug-likeness (QED) is 0.398. The first-order valence-electron chi connectivity index (χ1n) is 8.71. The lowest BCUT2D eigenvalue weighted by Gasteiger charge is -2.11. The molecule has 0 saturated carbocycles. The second-order valence-electron chi connectivity index (χ2n) is 6.22. The van der Waals surface area contributed by atoms with E-state index in [0.717, 1.165) is 10.0 Å². The van der Waals surface area contributed by atoms with Gasteiger partial charge in [0.25, 0.3) is 0 Å². The number of nitrogens with zero attached hydrogens (tertiary/aromatic N) is 2. The fourth-order valence-electron chi connectivity index (χ4n) is 2.36. The summed E-state index contributed by atoms with van der Waals surface area (Å²) in [5, 5.41) is 22.3. The third-order valence-corrected chi connectivity index (χ3v) is 5.90. The summed E-state index contributed by atoms with van der Waals surface area (Å²) >= 11 is 2.87. The number of ether oxygens (including phenoxy) is 1. The van der Waals surface area contributed by atoms with Crippen molar-refractivity contribution >= 4 is 39.7 Å². The Balaban J connectivity index is 1.43. The molecule has 1 heterocycles. The van der Waals surface area contributed by atoms with Crippen molar-refractivity contribution in [3.8, 4) is 5.75 Å². The summed E-state index contributed by atoms with van der Waals surface area (Å²) in [5.41, 5.74) is 2.77. The van der Waals surface area contributed by atoms with Gasteiger partial charge in [0.1, 0.15) is 12.4 Å². The van der Waals surface area contributed by atoms with E-state index in [2.05, 4.69) is 15.5 Å². The second kappa shape index (κ2) is 9.68. The molecule has 0 radical (unpaired) electrons. The zero-order chi connectivity index (χ0) is 19.9. The fraction of sp³-hybridized carbons (Fsp3) is 0.250. The Morgan fingerprint density at radius 3 is 2.75 bits per heavy atom. The maximum Gasteiger partial charge on any atom is 0.210 e. The topological polar surface area (TPSA) is 84.3 Å². The minimum atomic E-state index is -0.644. The van der Waals surface area contributed by atoms with E-state index in [4.69, 9.17) is 4.74 Å². The van der Waals surface area contributed by atoms with Gasteiger partial charge in [0.05, 0.1) is 6.10 Å². The second-order valence-corrected chi connectivity index (χ2v) is 8.47. The van der Waals surface area contributed by atoms with E-state index in [1.807, 2.05) is 31.2 Å². The summed E-state index contributed by atoms with van der Waals surface area (Å²) in [6.07, 6.45) is -0.644. The summed E-state index contributed by atoms with van der Waals surface area (Å²) in [6.45, 7) is 3.72. The molecular weight excluding hydrogens is 394 g/mol. The SMILES string of the molecule is CC(=O)c1ccc(OC[C@H](O)CSc2nnc(Nc3cccc(C)c3)s2)cc1. The number of aliphatic hydroxyl groups is 1. The van der Waals surface area contributed by atoms with Crippen LogP contribution in [0.2, 0.25) is 0 Å². The van der Waals surface area contributed by atoms with Gasteiger partial charge in [-0.05, 0) is 55.8 Å². The molecule has 0 amide bonds. The van der Waals surface area contributed by atoms with Gasteiger partial charge in [0.15, 0.2) is 10.1 Å². The molecule has 0 spiro atoms. The average Bonchev–Trinajstić information content (AvgIpc) is 3.12. The van der Waals surface area contributed by atoms with Crippen molar-refractivity contribution in [2.75, 3.05) is 17.7 Å². The Labute approximate surface area is 172 Å². The van der Waals surface area contributed by atoms with E-state index in [1.165, 1.54) is 35.6 Å². The predicted molar refractivity (Wildman–Crippen MR) is 113 cm³/mol. The van der Waals surface area contributed by atoms with Crippen molar-refractivity contribution in [3.63, 3.8) is 0 Å². The van der Waals surface area contributed by atoms with Crippen LogP contribution >= 0.6 is 23.1 Å². The molecule has 8 heteroatoms. The number of Topliss-reactive ketones (excluding diaryl/α,β-unsaturated/α-hetero) is 1. The van der Waals surface area contributed by atoms with Crippen LogP contribution in [-0.2, 0) is 0 Å². The van der Waals surface area contributed by atoms with E-state index in [9.17, 15) is 9.90 Å². The third-order valence-electron chi connectivity index (χ3n) is 3.78. The van der Waals surface area contributed by atoms with Gasteiger partial charge < -0.3 is 15.2 Å². The number of anilines is 2. The number of ketones is 1. The molecule has 0 saturated heterocycles. The summed E-state index contributed by atoms with van der Waals surface area (Å²) in [7, 11) is 0. The van der Waals surface area contributed by atoms with Gasteiger partial charge in [-0.3, -0.25) is 4.79 Å². The Bertz CT molecular complexity index is 928. The van der Waals surface area contributed by atoms with Crippen LogP contribution in [-0.4, -0.2) is 39.6 Å². The molecule has 3 aromatic rings. The summed E-state index contributed by atoms with van der Waals surface area (Å²) in [5.74, 6) is 1.08. The maximum atomic E-state index is 11.3. The Morgan fingerprint density at radius 2 is 2.04 bits per heavy atom. The first-order valence-corrected chi connectivity index (χ1v) is 10.5. The van der Waals surface area contributed by atoms with Crippen LogP contribution in [0.1, 0.15) is 22.8 Å². The summed E-state index contributed by atoms with van der Waals surface area (Å²) in [4.78, 5) is 11.3. The number of aromatic nitrogens is 2. The number of hydrogen-bond donors (Lipinski definition) is 2. The normalized spacial score (nSPS) is 11.8. The Hall–Kier alpha value is -2.42. The molecule has 3 rings (SSSR count). The monoisotopic (exact) mass is 415 g/mol. The van der Waals surface area contributed by atoms with Crippen molar-refractivity contribution in [2.45, 2.75) is 24.3 Å². The molecule has 1 aromatic heterocycles. The van der Waals surface area contributed by atoms with E-state index < -0.39 is 6.10 Å². The van der Waals surface area contributed by atoms with Crippen molar-refractivity contribution in [1.29, 1.82) is 0 Å². The number of aliphatic hydroxyl groups excluding tert-OH is 1. The highest BCUT2D eigenvalue weighted by molar-refractivity contribution is 8.01. The smallest absolute Gasteiger partial charge is 0.210 e. The molecule has 0 aliphatic heterocycles. The highest BCUT2D eigenvalue weighted by atomic mass is 32.2. The zero-order valence-corrected chi connectivity index (χ0v) is 17.2. The number of benzene rings is 2. The van der Waals surface area contributed by atoms with Crippen molar-refractivity contribution in [1.82, 2.24) is 10.2 Å². The highest BCUT2D eigenvalue weighted by Gasteiger charge is 2.11. The summed E-state index contributed by atoms with van der Waals surface area (Å²) in [6, 6.07) is 14.9. The van der Waals surface area contributed by atoms with Crippen LogP contribution in [0.3, 0.4) is 0 Å². The van der Waals surface area contributed by atoms with E-state index in [1.54, 1.807) is 24.3 Å². The van der Waals surface area contributed by atoms with Gasteiger partial charge in [-0.2, -0.15) is 0 Å². The molecule has 0 fully saturated rings. The van der Waals surface area contributed by atoms with Crippen LogP contribution in [0.15, 0.2) is 52.9 Å². The Kier molecular flexibility index (Phi) is 7.02. The van der Waals surface area contributed by atoms with E-state index >= 15 is 0 Å². The predicted octanol–water partition coefficient (Wildman–Crippen LogP) is 4.32. The molecule has 2 aromatic carbocycles. The largest absolute Gasteiger partial charge is 0.491 e. The van der Waals surface area contributed by atoms with E-state index in [-0.39, 0.29) is 12.4 Å². The lowest BCUT2D eigenvalue weighted by Crippen LogP contribution is -2.20. The van der Waals surface area contributed by atoms with Gasteiger partial charge in [-0.15, -0.1) is 10.2 Å². The molecule has 28 heavy (non-hydrogen) atoms. The van der Waals surface area contributed by atoms with Crippen LogP contribution in [0.5, 0.6) is 5.75 Å². The molecular formula is C20H21N3O3S2. The molecule has 0 bridgehead atoms. The third kappa shape index (κ3) is 6.05. The van der Waals surface area contributed by atoms with Crippen LogP contribution in [0.4, 0.5) is 10.8 Å². The van der Waals surface area contributed by atoms with Gasteiger partial charge >= 0.3 is 0 Å². The molecule has 2 N–H and O–H groups in total. The van der Waals surface area contributed by atoms with Crippen molar-refractivity contribution in [2.24, 2.45) is 0 Å². The lowest BCUT2D eigenvalue weighted by molar-refractivity contribution is 0.101. The molecule has 6 nitrogen and oxygen atoms in total. The van der Waals surface area contributed by atoms with Crippen molar-refractivity contribution in [3.05, 3.63) is 59.7 Å². The number of rotatable bonds is 9. The number of carbonyl (C=O) groups is 1. The number of hydrogen-bond acceptors (Lipinski definition) is 8. The van der Waals surface area contributed by atoms with Crippen LogP contribution in [0, 0.1) is 6.92 Å². The summed E-state index contributed by atoms with van der Waals surface area (Å²) < 4.78 is 6.34. The van der Waals surface area contributed by atoms with Gasteiger partial charge in [-0.25, -0.2) is 0 Å². The highest BCUT2D eigenvalue weighted by Crippen LogP contribution is 2.28. The standard InChI is InChI=1S/C20H21N3O3S2/c1-13-4-3-5-16(10-13)21-19-22-23-20(28-19)27-12-17(25)11-26-18-8-6-15(7-9-18)14(2)24/h3-10,17,25H,11-12H2,1-2H3,(H,21,22)/t17-/m0/s1. The molecule has 146 valence electrons. The van der Waals surface area contributed by atoms with Crippen LogP contribution in [0.25, 0.3) is 0 Å². The zero-order valence-electron chi connectivity index (χ0n) is 15.6. The van der Waals surface area contributed by atoms with Gasteiger partial charge in [-0.1, -0.05) is 35.2 Å². The minimum Gasteiger partial charge on any atom is -0.491 e. The van der Waals surface area contributed by atoms with E-state index in [0.29, 0.717) is 22.2 Å². The first kappa shape index (κ1) is 20.3. The minimum absolute atomic E-state index is 0.0105. The lowest BCUT2D eigenvalue weighted by atomic mass is 10.1. The fourth-order valence-corrected chi connectivity index (χ4v) is 4.06. The first-order chi connectivity index (χ1) is 13.5. The van der Waals surface area contributed by atoms with Gasteiger partial charge in [0, 0.05) is 17.0 Å². The Morgan fingerprint density at radius 1 is 1.25 bits per heavy atom. The number of aryl methyl sites for hydroxylation is 1. The molecule has 0 aliphatic carbocycles. The number of nitrogens with one attached hydrogen (secondary N) is 1. The molecule has 0 unspecified atom stereocenters. The molecule has 1 atom stereocenters. The van der Waals surface area contributed by atoms with Crippen LogP contribution < -0.4 is 10.1 Å². The maximum absolute atomic E-state index is 11.3. The number of carbonyl (C=O) groups excluding carboxylic acids is 1. The molecule has 0 aliphatic rings. The van der Waals surface area contributed by atoms with Gasteiger partial charge in [0.2, 0.25) is 5.13 Å². The van der Waals surface area contributed by atoms with Crippen molar-refractivity contribution < 1.29 is 14.6 Å². The average molecular weight is 416 g/mol. The number of thioether (sulfide) groups is 1.